The van der Waals surface area contributed by atoms with Crippen molar-refractivity contribution in [2.24, 2.45) is 0 Å². The Balaban J connectivity index is 1.36. The number of nitrogens with zero attached hydrogens (tertiary/aromatic N) is 1. The minimum atomic E-state index is -1.14. The number of aliphatic carboxylic acids is 1. The predicted octanol–water partition coefficient (Wildman–Crippen LogP) is 5.28. The van der Waals surface area contributed by atoms with E-state index in [4.69, 9.17) is 14.2 Å². The number of carbonyl (C=O) groups excluding carboxylic acids is 2. The van der Waals surface area contributed by atoms with Gasteiger partial charge in [-0.2, -0.15) is 0 Å². The average molecular weight is 532 g/mol. The molecule has 4 rings (SSSR count). The summed E-state index contributed by atoms with van der Waals surface area (Å²) in [4.78, 5) is 38.0. The van der Waals surface area contributed by atoms with Gasteiger partial charge in [-0.15, -0.1) is 0 Å². The second kappa shape index (κ2) is 11.6. The fourth-order valence-electron chi connectivity index (χ4n) is 4.67. The van der Waals surface area contributed by atoms with E-state index in [1.165, 1.54) is 7.05 Å². The van der Waals surface area contributed by atoms with E-state index in [0.717, 1.165) is 27.2 Å². The number of ether oxygens (including phenoxy) is 3. The molecule has 0 fully saturated rings. The molecule has 0 unspecified atom stereocenters. The number of rotatable bonds is 9. The fourth-order valence-corrected chi connectivity index (χ4v) is 4.67. The molecular weight excluding hydrogens is 498 g/mol. The predicted molar refractivity (Wildman–Crippen MR) is 146 cm³/mol. The second-order valence-corrected chi connectivity index (χ2v) is 10.5. The quantitative estimate of drug-likeness (QED) is 0.375. The number of carboxylic acids is 1. The van der Waals surface area contributed by atoms with E-state index in [2.05, 4.69) is 12.1 Å². The molecule has 1 aliphatic rings. The molecule has 0 aliphatic heterocycles. The maximum Gasteiger partial charge on any atom is 0.410 e. The lowest BCUT2D eigenvalue weighted by atomic mass is 9.98. The SMILES string of the molecule is CN(C(=O)OCC1c2ccccc2-c2ccccc21)[C@H](Cc1ccc(OCC(=O)OC(C)(C)C)cc1)C(=O)O. The highest BCUT2D eigenvalue weighted by molar-refractivity contribution is 5.81. The summed E-state index contributed by atoms with van der Waals surface area (Å²) < 4.78 is 16.3. The van der Waals surface area contributed by atoms with E-state index in [1.54, 1.807) is 45.0 Å². The van der Waals surface area contributed by atoms with Crippen LogP contribution in [0.4, 0.5) is 4.79 Å². The molecule has 204 valence electrons. The van der Waals surface area contributed by atoms with Crippen molar-refractivity contribution in [1.82, 2.24) is 4.90 Å². The summed E-state index contributed by atoms with van der Waals surface area (Å²) in [7, 11) is 1.43. The lowest BCUT2D eigenvalue weighted by Crippen LogP contribution is -2.44. The Morgan fingerprint density at radius 3 is 2.00 bits per heavy atom. The van der Waals surface area contributed by atoms with Crippen LogP contribution in [0.3, 0.4) is 0 Å². The zero-order valence-electron chi connectivity index (χ0n) is 22.5. The van der Waals surface area contributed by atoms with Crippen LogP contribution in [0, 0.1) is 0 Å². The minimum Gasteiger partial charge on any atom is -0.482 e. The van der Waals surface area contributed by atoms with Gasteiger partial charge in [0.1, 0.15) is 24.0 Å². The van der Waals surface area contributed by atoms with E-state index in [9.17, 15) is 19.5 Å². The summed E-state index contributed by atoms with van der Waals surface area (Å²) in [5.74, 6) is -1.30. The smallest absolute Gasteiger partial charge is 0.410 e. The molecule has 0 bridgehead atoms. The van der Waals surface area contributed by atoms with Crippen molar-refractivity contribution in [3.63, 3.8) is 0 Å². The Labute approximate surface area is 228 Å². The van der Waals surface area contributed by atoms with Gasteiger partial charge >= 0.3 is 18.0 Å². The van der Waals surface area contributed by atoms with Crippen LogP contribution in [-0.2, 0) is 25.5 Å². The molecule has 39 heavy (non-hydrogen) atoms. The van der Waals surface area contributed by atoms with Crippen LogP contribution in [0.5, 0.6) is 5.75 Å². The monoisotopic (exact) mass is 531 g/mol. The Hall–Kier alpha value is -4.33. The molecule has 3 aromatic rings. The molecule has 0 saturated heterocycles. The number of likely N-dealkylation sites (N-methyl/N-ethyl adjacent to an activating group) is 1. The number of esters is 1. The third kappa shape index (κ3) is 6.76. The van der Waals surface area contributed by atoms with E-state index < -0.39 is 29.7 Å². The zero-order chi connectivity index (χ0) is 28.2. The molecule has 3 aromatic carbocycles. The van der Waals surface area contributed by atoms with Gasteiger partial charge in [0, 0.05) is 19.4 Å². The normalized spacial score (nSPS) is 13.1. The summed E-state index contributed by atoms with van der Waals surface area (Å²) >= 11 is 0. The van der Waals surface area contributed by atoms with Crippen molar-refractivity contribution < 1.29 is 33.7 Å². The summed E-state index contributed by atoms with van der Waals surface area (Å²) in [5.41, 5.74) is 4.48. The van der Waals surface area contributed by atoms with Gasteiger partial charge in [-0.3, -0.25) is 4.90 Å². The van der Waals surface area contributed by atoms with Crippen LogP contribution < -0.4 is 4.74 Å². The number of carbonyl (C=O) groups is 3. The van der Waals surface area contributed by atoms with Crippen LogP contribution >= 0.6 is 0 Å². The third-order valence-electron chi connectivity index (χ3n) is 6.51. The molecular formula is C31H33NO7. The van der Waals surface area contributed by atoms with Gasteiger partial charge in [-0.25, -0.2) is 14.4 Å². The van der Waals surface area contributed by atoms with Crippen molar-refractivity contribution in [2.75, 3.05) is 20.3 Å². The number of hydrogen-bond donors (Lipinski definition) is 1. The van der Waals surface area contributed by atoms with Crippen molar-refractivity contribution >= 4 is 18.0 Å². The molecule has 0 spiro atoms. The van der Waals surface area contributed by atoms with E-state index in [1.807, 2.05) is 36.4 Å². The number of hydrogen-bond acceptors (Lipinski definition) is 6. The molecule has 0 saturated carbocycles. The first-order valence-electron chi connectivity index (χ1n) is 12.8. The molecule has 8 heteroatoms. The second-order valence-electron chi connectivity index (χ2n) is 10.5. The zero-order valence-corrected chi connectivity index (χ0v) is 22.5. The maximum absolute atomic E-state index is 12.9. The molecule has 1 atom stereocenters. The molecule has 0 heterocycles. The van der Waals surface area contributed by atoms with Crippen LogP contribution in [0.25, 0.3) is 11.1 Å². The lowest BCUT2D eigenvalue weighted by Gasteiger charge is -2.25. The summed E-state index contributed by atoms with van der Waals surface area (Å²) in [6.45, 7) is 5.19. The molecule has 0 radical (unpaired) electrons. The Kier molecular flexibility index (Phi) is 8.24. The van der Waals surface area contributed by atoms with E-state index >= 15 is 0 Å². The van der Waals surface area contributed by atoms with E-state index in [0.29, 0.717) is 11.3 Å². The van der Waals surface area contributed by atoms with Crippen LogP contribution in [0.15, 0.2) is 72.8 Å². The standard InChI is InChI=1S/C31H33NO7/c1-31(2,3)39-28(33)19-37-21-15-13-20(14-16-21)17-27(29(34)35)32(4)30(36)38-18-26-24-11-7-5-9-22(24)23-10-6-8-12-25(23)26/h5-16,26-27H,17-19H2,1-4H3,(H,34,35)/t27-/m1/s1. The highest BCUT2D eigenvalue weighted by Crippen LogP contribution is 2.44. The van der Waals surface area contributed by atoms with Gasteiger partial charge in [0.2, 0.25) is 0 Å². The minimum absolute atomic E-state index is 0.0718. The Morgan fingerprint density at radius 1 is 0.897 bits per heavy atom. The average Bonchev–Trinajstić information content (AvgIpc) is 3.22. The first-order valence-corrected chi connectivity index (χ1v) is 12.8. The van der Waals surface area contributed by atoms with Crippen molar-refractivity contribution in [3.05, 3.63) is 89.5 Å². The number of fused-ring (bicyclic) bond motifs is 3. The van der Waals surface area contributed by atoms with Crippen molar-refractivity contribution in [3.8, 4) is 16.9 Å². The number of amides is 1. The van der Waals surface area contributed by atoms with Gasteiger partial charge in [0.05, 0.1) is 0 Å². The van der Waals surface area contributed by atoms with Crippen LogP contribution in [-0.4, -0.2) is 59.9 Å². The Bertz CT molecular complexity index is 1300. The number of carboxylic acid groups (broad SMARTS) is 1. The summed E-state index contributed by atoms with van der Waals surface area (Å²) in [6, 6.07) is 21.6. The fraction of sp³-hybridized carbons (Fsp3) is 0.323. The molecule has 0 aromatic heterocycles. The van der Waals surface area contributed by atoms with Gasteiger partial charge < -0.3 is 19.3 Å². The molecule has 8 nitrogen and oxygen atoms in total. The summed E-state index contributed by atoms with van der Waals surface area (Å²) in [5, 5.41) is 9.86. The molecule has 1 N–H and O–H groups in total. The van der Waals surface area contributed by atoms with Crippen LogP contribution in [0.2, 0.25) is 0 Å². The first-order chi connectivity index (χ1) is 18.5. The lowest BCUT2D eigenvalue weighted by molar-refractivity contribution is -0.157. The largest absolute Gasteiger partial charge is 0.482 e. The first kappa shape index (κ1) is 27.7. The van der Waals surface area contributed by atoms with Gasteiger partial charge in [-0.1, -0.05) is 60.7 Å². The van der Waals surface area contributed by atoms with Gasteiger partial charge in [-0.05, 0) is 60.7 Å². The third-order valence-corrected chi connectivity index (χ3v) is 6.51. The topological polar surface area (TPSA) is 102 Å². The van der Waals surface area contributed by atoms with Crippen molar-refractivity contribution in [1.29, 1.82) is 0 Å². The highest BCUT2D eigenvalue weighted by atomic mass is 16.6. The van der Waals surface area contributed by atoms with Crippen LogP contribution in [0.1, 0.15) is 43.4 Å². The highest BCUT2D eigenvalue weighted by Gasteiger charge is 2.32. The number of benzene rings is 3. The maximum atomic E-state index is 12.9. The Morgan fingerprint density at radius 2 is 1.46 bits per heavy atom. The molecule has 1 amide bonds. The van der Waals surface area contributed by atoms with Gasteiger partial charge in [0.25, 0.3) is 0 Å². The van der Waals surface area contributed by atoms with Crippen molar-refractivity contribution in [2.45, 2.75) is 44.8 Å². The summed E-state index contributed by atoms with van der Waals surface area (Å²) in [6.07, 6.45) is -0.635. The molecule has 1 aliphatic carbocycles. The van der Waals surface area contributed by atoms with Gasteiger partial charge in [0.15, 0.2) is 6.61 Å². The van der Waals surface area contributed by atoms with E-state index in [-0.39, 0.29) is 25.6 Å².